The van der Waals surface area contributed by atoms with Crippen molar-refractivity contribution in [2.75, 3.05) is 26.8 Å². The first-order valence-electron chi connectivity index (χ1n) is 6.96. The summed E-state index contributed by atoms with van der Waals surface area (Å²) in [5.41, 5.74) is 8.42. The molecule has 0 amide bonds. The van der Waals surface area contributed by atoms with Crippen LogP contribution < -0.4 is 5.73 Å². The van der Waals surface area contributed by atoms with Crippen molar-refractivity contribution in [1.29, 1.82) is 0 Å². The topological polar surface area (TPSA) is 72.6 Å². The highest BCUT2D eigenvalue weighted by Gasteiger charge is 2.27. The summed E-state index contributed by atoms with van der Waals surface area (Å²) >= 11 is 0. The second-order valence-electron chi connectivity index (χ2n) is 5.15. The zero-order valence-corrected chi connectivity index (χ0v) is 13.3. The molecule has 0 atom stereocenters. The highest BCUT2D eigenvalue weighted by atomic mass is 32.2. The van der Waals surface area contributed by atoms with E-state index in [-0.39, 0.29) is 0 Å². The van der Waals surface area contributed by atoms with E-state index < -0.39 is 10.0 Å². The second-order valence-corrected chi connectivity index (χ2v) is 7.06. The Morgan fingerprint density at radius 2 is 2.14 bits per heavy atom. The summed E-state index contributed by atoms with van der Waals surface area (Å²) < 4.78 is 32.1. The predicted octanol–water partition coefficient (Wildman–Crippen LogP) is 1.42. The molecular weight excluding hydrogens is 288 g/mol. The second kappa shape index (κ2) is 6.70. The van der Waals surface area contributed by atoms with Gasteiger partial charge in [-0.1, -0.05) is 18.2 Å². The molecule has 0 fully saturated rings. The van der Waals surface area contributed by atoms with Crippen molar-refractivity contribution in [3.63, 3.8) is 0 Å². The molecule has 0 spiro atoms. The van der Waals surface area contributed by atoms with Crippen LogP contribution in [0.5, 0.6) is 0 Å². The molecule has 116 valence electrons. The number of nitrogens with two attached hydrogens (primary N) is 1. The van der Waals surface area contributed by atoms with Crippen molar-refractivity contribution in [3.05, 3.63) is 41.0 Å². The normalized spacial score (nSPS) is 16.8. The van der Waals surface area contributed by atoms with Gasteiger partial charge in [0.1, 0.15) is 0 Å². The molecule has 5 nitrogen and oxygen atoms in total. The summed E-state index contributed by atoms with van der Waals surface area (Å²) in [7, 11) is -1.83. The zero-order valence-electron chi connectivity index (χ0n) is 12.5. The molecule has 6 heteroatoms. The SMILES string of the molecule is COCC1=CCN(S(=O)(=O)c2cccc(CN)c2C)CC1. The van der Waals surface area contributed by atoms with Gasteiger partial charge in [0.15, 0.2) is 0 Å². The minimum Gasteiger partial charge on any atom is -0.380 e. The Hall–Kier alpha value is -1.21. The Bertz CT molecular complexity index is 638. The molecule has 1 aliphatic rings. The third kappa shape index (κ3) is 3.35. The molecule has 0 aliphatic carbocycles. The average molecular weight is 310 g/mol. The summed E-state index contributed by atoms with van der Waals surface area (Å²) in [5, 5.41) is 0. The number of hydrogen-bond donors (Lipinski definition) is 1. The first-order valence-corrected chi connectivity index (χ1v) is 8.40. The molecule has 0 radical (unpaired) electrons. The monoisotopic (exact) mass is 310 g/mol. The number of hydrogen-bond acceptors (Lipinski definition) is 4. The fourth-order valence-corrected chi connectivity index (χ4v) is 4.18. The number of nitrogens with zero attached hydrogens (tertiary/aromatic N) is 1. The molecule has 2 rings (SSSR count). The molecule has 1 aromatic carbocycles. The van der Waals surface area contributed by atoms with Gasteiger partial charge in [-0.2, -0.15) is 4.31 Å². The molecular formula is C15H22N2O3S. The number of ether oxygens (including phenoxy) is 1. The van der Waals surface area contributed by atoms with Crippen molar-refractivity contribution in [2.45, 2.75) is 24.8 Å². The molecule has 1 aliphatic heterocycles. The number of benzene rings is 1. The van der Waals surface area contributed by atoms with Crippen LogP contribution in [0.1, 0.15) is 17.5 Å². The third-order valence-electron chi connectivity index (χ3n) is 3.83. The van der Waals surface area contributed by atoms with E-state index in [1.165, 1.54) is 4.31 Å². The maximum atomic E-state index is 12.8. The van der Waals surface area contributed by atoms with E-state index in [1.807, 2.05) is 19.1 Å². The summed E-state index contributed by atoms with van der Waals surface area (Å²) in [4.78, 5) is 0.356. The molecule has 0 saturated carbocycles. The maximum absolute atomic E-state index is 12.8. The standard InChI is InChI=1S/C15H22N2O3S/c1-12-14(10-16)4-3-5-15(12)21(18,19)17-8-6-13(7-9-17)11-20-2/h3-6H,7-11,16H2,1-2H3. The van der Waals surface area contributed by atoms with Crippen LogP contribution in [0.3, 0.4) is 0 Å². The van der Waals surface area contributed by atoms with E-state index in [2.05, 4.69) is 0 Å². The minimum atomic E-state index is -3.47. The highest BCUT2D eigenvalue weighted by molar-refractivity contribution is 7.89. The first kappa shape index (κ1) is 16.2. The molecule has 1 aromatic rings. The van der Waals surface area contributed by atoms with Gasteiger partial charge in [-0.25, -0.2) is 8.42 Å². The molecule has 2 N–H and O–H groups in total. The van der Waals surface area contributed by atoms with Gasteiger partial charge in [-0.3, -0.25) is 0 Å². The average Bonchev–Trinajstić information content (AvgIpc) is 2.48. The summed E-state index contributed by atoms with van der Waals surface area (Å²) in [5.74, 6) is 0. The number of rotatable bonds is 5. The Morgan fingerprint density at radius 3 is 2.71 bits per heavy atom. The van der Waals surface area contributed by atoms with Gasteiger partial charge < -0.3 is 10.5 Å². The van der Waals surface area contributed by atoms with Crippen LogP contribution in [0, 0.1) is 6.92 Å². The first-order chi connectivity index (χ1) is 10.0. The van der Waals surface area contributed by atoms with Gasteiger partial charge in [-0.05, 0) is 36.1 Å². The molecule has 0 saturated heterocycles. The lowest BCUT2D eigenvalue weighted by Crippen LogP contribution is -2.35. The molecule has 1 heterocycles. The van der Waals surface area contributed by atoms with E-state index in [0.29, 0.717) is 37.6 Å². The Kier molecular flexibility index (Phi) is 5.16. The van der Waals surface area contributed by atoms with Crippen molar-refractivity contribution >= 4 is 10.0 Å². The van der Waals surface area contributed by atoms with Crippen molar-refractivity contribution in [3.8, 4) is 0 Å². The smallest absolute Gasteiger partial charge is 0.243 e. The Labute approximate surface area is 126 Å². The van der Waals surface area contributed by atoms with Crippen LogP contribution in [-0.4, -0.2) is 39.5 Å². The Morgan fingerprint density at radius 1 is 1.38 bits per heavy atom. The lowest BCUT2D eigenvalue weighted by molar-refractivity contribution is 0.219. The van der Waals surface area contributed by atoms with Crippen LogP contribution in [0.15, 0.2) is 34.7 Å². The van der Waals surface area contributed by atoms with Crippen LogP contribution in [0.25, 0.3) is 0 Å². The minimum absolute atomic E-state index is 0.340. The van der Waals surface area contributed by atoms with Crippen molar-refractivity contribution < 1.29 is 13.2 Å². The lowest BCUT2D eigenvalue weighted by Gasteiger charge is -2.26. The Balaban J connectivity index is 2.28. The summed E-state index contributed by atoms with van der Waals surface area (Å²) in [6, 6.07) is 5.26. The fourth-order valence-electron chi connectivity index (χ4n) is 2.53. The van der Waals surface area contributed by atoms with Crippen molar-refractivity contribution in [1.82, 2.24) is 4.31 Å². The number of methoxy groups -OCH3 is 1. The van der Waals surface area contributed by atoms with E-state index in [4.69, 9.17) is 10.5 Å². The van der Waals surface area contributed by atoms with Crippen LogP contribution in [-0.2, 0) is 21.3 Å². The summed E-state index contributed by atoms with van der Waals surface area (Å²) in [6.07, 6.45) is 2.65. The predicted molar refractivity (Wildman–Crippen MR) is 82.4 cm³/mol. The van der Waals surface area contributed by atoms with E-state index in [1.54, 1.807) is 19.2 Å². The third-order valence-corrected chi connectivity index (χ3v) is 5.84. The molecule has 21 heavy (non-hydrogen) atoms. The summed E-state index contributed by atoms with van der Waals surface area (Å²) in [6.45, 7) is 3.60. The fraction of sp³-hybridized carbons (Fsp3) is 0.467. The van der Waals surface area contributed by atoms with E-state index in [0.717, 1.165) is 16.7 Å². The molecule has 0 aromatic heterocycles. The van der Waals surface area contributed by atoms with Gasteiger partial charge in [0.2, 0.25) is 10.0 Å². The quantitative estimate of drug-likeness (QED) is 0.835. The maximum Gasteiger partial charge on any atom is 0.243 e. The van der Waals surface area contributed by atoms with Crippen LogP contribution in [0.2, 0.25) is 0 Å². The van der Waals surface area contributed by atoms with E-state index in [9.17, 15) is 8.42 Å². The van der Waals surface area contributed by atoms with Gasteiger partial charge in [0.05, 0.1) is 11.5 Å². The highest BCUT2D eigenvalue weighted by Crippen LogP contribution is 2.25. The van der Waals surface area contributed by atoms with Gasteiger partial charge in [0, 0.05) is 26.7 Å². The number of sulfonamides is 1. The largest absolute Gasteiger partial charge is 0.380 e. The van der Waals surface area contributed by atoms with Gasteiger partial charge in [0.25, 0.3) is 0 Å². The van der Waals surface area contributed by atoms with Crippen molar-refractivity contribution in [2.24, 2.45) is 5.73 Å². The van der Waals surface area contributed by atoms with Crippen LogP contribution in [0.4, 0.5) is 0 Å². The van der Waals surface area contributed by atoms with Crippen LogP contribution >= 0.6 is 0 Å². The lowest BCUT2D eigenvalue weighted by atomic mass is 10.1. The zero-order chi connectivity index (χ0) is 15.5. The molecule has 0 bridgehead atoms. The molecule has 0 unspecified atom stereocenters. The van der Waals surface area contributed by atoms with E-state index >= 15 is 0 Å². The van der Waals surface area contributed by atoms with Gasteiger partial charge >= 0.3 is 0 Å². The van der Waals surface area contributed by atoms with Gasteiger partial charge in [-0.15, -0.1) is 0 Å².